The van der Waals surface area contributed by atoms with Crippen LogP contribution in [0.1, 0.15) is 47.2 Å². The Morgan fingerprint density at radius 1 is 1.17 bits per heavy atom. The van der Waals surface area contributed by atoms with Crippen molar-refractivity contribution >= 4 is 22.5 Å². The van der Waals surface area contributed by atoms with Gasteiger partial charge in [0.05, 0.1) is 28.8 Å². The molecule has 0 unspecified atom stereocenters. The minimum absolute atomic E-state index is 0.0647. The maximum Gasteiger partial charge on any atom is 0.233 e. The van der Waals surface area contributed by atoms with E-state index in [1.165, 1.54) is 5.56 Å². The Hall–Kier alpha value is -2.73. The number of amides is 1. The molecule has 4 rings (SSSR count). The molecule has 0 radical (unpaired) electrons. The minimum atomic E-state index is -0.963. The first-order valence-electron chi connectivity index (χ1n) is 9.87. The lowest BCUT2D eigenvalue weighted by molar-refractivity contribution is -0.117. The number of carbonyl (C=O) groups is 1. The molecule has 0 saturated heterocycles. The fraction of sp³-hybridized carbons (Fsp3) is 0.304. The van der Waals surface area contributed by atoms with Crippen LogP contribution < -0.4 is 5.32 Å². The number of aryl methyl sites for hydroxylation is 2. The highest BCUT2D eigenvalue weighted by Gasteiger charge is 2.30. The summed E-state index contributed by atoms with van der Waals surface area (Å²) in [6.07, 6.45) is 0.696. The van der Waals surface area contributed by atoms with Gasteiger partial charge in [-0.25, -0.2) is 4.68 Å². The molecule has 29 heavy (non-hydrogen) atoms. The van der Waals surface area contributed by atoms with Crippen molar-refractivity contribution in [2.75, 3.05) is 5.32 Å². The average Bonchev–Trinajstić information content (AvgIpc) is 3.20. The van der Waals surface area contributed by atoms with E-state index in [9.17, 15) is 9.00 Å². The lowest BCUT2D eigenvalue weighted by atomic mass is 9.95. The number of nitrogens with zero attached hydrogens (tertiary/aromatic N) is 2. The molecule has 150 valence electrons. The molecule has 2 atom stereocenters. The molecule has 1 amide bonds. The number of hydrogen-bond donors (Lipinski definition) is 1. The lowest BCUT2D eigenvalue weighted by Crippen LogP contribution is -2.23. The van der Waals surface area contributed by atoms with Gasteiger partial charge in [-0.15, -0.1) is 0 Å². The second-order valence-electron chi connectivity index (χ2n) is 7.56. The van der Waals surface area contributed by atoms with E-state index >= 15 is 0 Å². The van der Waals surface area contributed by atoms with E-state index in [1.807, 2.05) is 61.0 Å². The predicted molar refractivity (Wildman–Crippen MR) is 117 cm³/mol. The van der Waals surface area contributed by atoms with Gasteiger partial charge >= 0.3 is 0 Å². The second kappa shape index (κ2) is 7.95. The zero-order chi connectivity index (χ0) is 20.5. The Kier molecular flexibility index (Phi) is 5.37. The summed E-state index contributed by atoms with van der Waals surface area (Å²) >= 11 is 0. The van der Waals surface area contributed by atoms with Gasteiger partial charge in [0.25, 0.3) is 0 Å². The molecule has 1 aliphatic heterocycles. The van der Waals surface area contributed by atoms with E-state index in [0.29, 0.717) is 23.7 Å². The van der Waals surface area contributed by atoms with Gasteiger partial charge in [-0.05, 0) is 37.5 Å². The van der Waals surface area contributed by atoms with Gasteiger partial charge in [0.15, 0.2) is 0 Å². The maximum atomic E-state index is 13.2. The van der Waals surface area contributed by atoms with Crippen LogP contribution in [0.5, 0.6) is 0 Å². The molecule has 1 N–H and O–H groups in total. The van der Waals surface area contributed by atoms with Crippen molar-refractivity contribution in [3.63, 3.8) is 0 Å². The standard InChI is InChI=1S/C23H25N3O2S/c1-4-18(17-8-6-5-7-9-17)23(27)24-22-19-13-29(28)14-20(19)25-26(22)21-11-10-15(2)12-16(21)3/h5-12,18H,4,13-14H2,1-3H3,(H,24,27)/t18-,29-/m0/s1. The molecule has 0 bridgehead atoms. The first kappa shape index (κ1) is 19.6. The summed E-state index contributed by atoms with van der Waals surface area (Å²) in [5, 5.41) is 7.85. The van der Waals surface area contributed by atoms with Crippen molar-refractivity contribution in [2.45, 2.75) is 44.6 Å². The maximum absolute atomic E-state index is 13.2. The summed E-state index contributed by atoms with van der Waals surface area (Å²) in [6.45, 7) is 6.10. The molecular formula is C23H25N3O2S. The summed E-state index contributed by atoms with van der Waals surface area (Å²) in [6, 6.07) is 16.0. The number of carbonyl (C=O) groups excluding carboxylic acids is 1. The zero-order valence-corrected chi connectivity index (χ0v) is 17.8. The number of benzene rings is 2. The third-order valence-electron chi connectivity index (χ3n) is 5.42. The van der Waals surface area contributed by atoms with E-state index in [-0.39, 0.29) is 11.8 Å². The van der Waals surface area contributed by atoms with Gasteiger partial charge in [-0.2, -0.15) is 5.10 Å². The van der Waals surface area contributed by atoms with Crippen LogP contribution in [0.3, 0.4) is 0 Å². The molecule has 1 aromatic heterocycles. The summed E-state index contributed by atoms with van der Waals surface area (Å²) in [4.78, 5) is 13.2. The Labute approximate surface area is 173 Å². The quantitative estimate of drug-likeness (QED) is 0.682. The molecule has 3 aromatic rings. The largest absolute Gasteiger partial charge is 0.310 e. The van der Waals surface area contributed by atoms with E-state index in [1.54, 1.807) is 0 Å². The smallest absolute Gasteiger partial charge is 0.233 e. The first-order valence-corrected chi connectivity index (χ1v) is 11.4. The fourth-order valence-electron chi connectivity index (χ4n) is 3.94. The highest BCUT2D eigenvalue weighted by atomic mass is 32.2. The molecule has 6 heteroatoms. The van der Waals surface area contributed by atoms with E-state index < -0.39 is 10.8 Å². The van der Waals surface area contributed by atoms with E-state index in [0.717, 1.165) is 28.1 Å². The van der Waals surface area contributed by atoms with Crippen molar-refractivity contribution in [3.05, 3.63) is 76.5 Å². The molecule has 5 nitrogen and oxygen atoms in total. The molecule has 0 spiro atoms. The van der Waals surface area contributed by atoms with Crippen molar-refractivity contribution in [1.82, 2.24) is 9.78 Å². The topological polar surface area (TPSA) is 64.0 Å². The number of rotatable bonds is 5. The highest BCUT2D eigenvalue weighted by Crippen LogP contribution is 2.33. The van der Waals surface area contributed by atoms with Crippen LogP contribution in [0.2, 0.25) is 0 Å². The molecule has 0 aliphatic carbocycles. The zero-order valence-electron chi connectivity index (χ0n) is 16.9. The number of aromatic nitrogens is 2. The first-order chi connectivity index (χ1) is 14.0. The molecule has 2 aromatic carbocycles. The van der Waals surface area contributed by atoms with Crippen molar-refractivity contribution in [1.29, 1.82) is 0 Å². The van der Waals surface area contributed by atoms with Gasteiger partial charge in [-0.3, -0.25) is 9.00 Å². The second-order valence-corrected chi connectivity index (χ2v) is 9.02. The third kappa shape index (κ3) is 3.77. The van der Waals surface area contributed by atoms with Crippen molar-refractivity contribution in [3.8, 4) is 5.69 Å². The lowest BCUT2D eigenvalue weighted by Gasteiger charge is -2.18. The Morgan fingerprint density at radius 3 is 2.62 bits per heavy atom. The van der Waals surface area contributed by atoms with Crippen LogP contribution in [-0.2, 0) is 27.1 Å². The highest BCUT2D eigenvalue weighted by molar-refractivity contribution is 7.83. The summed E-state index contributed by atoms with van der Waals surface area (Å²) in [5.74, 6) is 1.20. The molecule has 2 heterocycles. The van der Waals surface area contributed by atoms with E-state index in [4.69, 9.17) is 5.10 Å². The van der Waals surface area contributed by atoms with Gasteiger partial charge in [-0.1, -0.05) is 55.0 Å². The monoisotopic (exact) mass is 407 g/mol. The number of fused-ring (bicyclic) bond motifs is 1. The normalized spacial score (nSPS) is 16.4. The minimum Gasteiger partial charge on any atom is -0.310 e. The third-order valence-corrected chi connectivity index (χ3v) is 6.62. The van der Waals surface area contributed by atoms with Crippen LogP contribution in [0.4, 0.5) is 5.82 Å². The van der Waals surface area contributed by atoms with E-state index in [2.05, 4.69) is 18.3 Å². The van der Waals surface area contributed by atoms with Gasteiger partial charge in [0.1, 0.15) is 5.82 Å². The molecular weight excluding hydrogens is 382 g/mol. The number of anilines is 1. The van der Waals surface area contributed by atoms with Crippen molar-refractivity contribution < 1.29 is 9.00 Å². The van der Waals surface area contributed by atoms with Gasteiger partial charge in [0, 0.05) is 16.4 Å². The predicted octanol–water partition coefficient (Wildman–Crippen LogP) is 4.38. The van der Waals surface area contributed by atoms with Gasteiger partial charge < -0.3 is 5.32 Å². The van der Waals surface area contributed by atoms with Crippen LogP contribution in [0.15, 0.2) is 48.5 Å². The van der Waals surface area contributed by atoms with Crippen LogP contribution in [0, 0.1) is 13.8 Å². The Morgan fingerprint density at radius 2 is 1.93 bits per heavy atom. The van der Waals surface area contributed by atoms with Gasteiger partial charge in [0.2, 0.25) is 5.91 Å². The summed E-state index contributed by atoms with van der Waals surface area (Å²) in [7, 11) is -0.963. The number of hydrogen-bond acceptors (Lipinski definition) is 3. The van der Waals surface area contributed by atoms with Crippen molar-refractivity contribution in [2.24, 2.45) is 0 Å². The SMILES string of the molecule is CC[C@H](C(=O)Nc1c2c(nn1-c1ccc(C)cc1C)C[S@@](=O)C2)c1ccccc1. The summed E-state index contributed by atoms with van der Waals surface area (Å²) < 4.78 is 13.9. The Bertz CT molecular complexity index is 1090. The fourth-order valence-corrected chi connectivity index (χ4v) is 5.20. The number of nitrogens with one attached hydrogen (secondary N) is 1. The Balaban J connectivity index is 1.74. The molecule has 1 aliphatic rings. The molecule has 0 fully saturated rings. The van der Waals surface area contributed by atoms with Crippen LogP contribution >= 0.6 is 0 Å². The van der Waals surface area contributed by atoms with Crippen LogP contribution in [0.25, 0.3) is 5.69 Å². The molecule has 0 saturated carbocycles. The average molecular weight is 408 g/mol. The van der Waals surface area contributed by atoms with Crippen LogP contribution in [-0.4, -0.2) is 19.9 Å². The summed E-state index contributed by atoms with van der Waals surface area (Å²) in [5.41, 5.74) is 5.88.